The zero-order valence-electron chi connectivity index (χ0n) is 12.5. The molecule has 1 aliphatic heterocycles. The van der Waals surface area contributed by atoms with Crippen molar-refractivity contribution in [2.24, 2.45) is 11.8 Å². The van der Waals surface area contributed by atoms with Crippen LogP contribution >= 0.6 is 0 Å². The normalized spacial score (nSPS) is 31.3. The predicted octanol–water partition coefficient (Wildman–Crippen LogP) is 1.65. The molecule has 2 fully saturated rings. The van der Waals surface area contributed by atoms with E-state index in [1.165, 1.54) is 58.3 Å². The van der Waals surface area contributed by atoms with Crippen molar-refractivity contribution in [3.63, 3.8) is 0 Å². The third-order valence-electron chi connectivity index (χ3n) is 4.85. The Hall–Kier alpha value is -0.120. The van der Waals surface area contributed by atoms with E-state index in [9.17, 15) is 0 Å². The summed E-state index contributed by atoms with van der Waals surface area (Å²) >= 11 is 0. The predicted molar refractivity (Wildman–Crippen MR) is 77.9 cm³/mol. The molecule has 2 atom stereocenters. The maximum atomic E-state index is 3.51. The largest absolute Gasteiger partial charge is 0.317 e. The smallest absolute Gasteiger partial charge is 0.0104 e. The Kier molecular flexibility index (Phi) is 5.46. The average molecular weight is 253 g/mol. The van der Waals surface area contributed by atoms with Crippen molar-refractivity contribution in [2.75, 3.05) is 47.3 Å². The minimum Gasteiger partial charge on any atom is -0.317 e. The number of rotatable bonds is 5. The lowest BCUT2D eigenvalue weighted by molar-refractivity contribution is 0.139. The van der Waals surface area contributed by atoms with E-state index in [1.54, 1.807) is 0 Å². The second kappa shape index (κ2) is 6.88. The SMILES string of the molecule is CNC1CCCC1CN1CCC(CN(C)C)CC1. The van der Waals surface area contributed by atoms with E-state index in [-0.39, 0.29) is 0 Å². The Labute approximate surface area is 113 Å². The van der Waals surface area contributed by atoms with E-state index in [1.807, 2.05) is 0 Å². The Morgan fingerprint density at radius 2 is 1.83 bits per heavy atom. The van der Waals surface area contributed by atoms with E-state index in [0.29, 0.717) is 0 Å². The fourth-order valence-electron chi connectivity index (χ4n) is 3.84. The number of hydrogen-bond acceptors (Lipinski definition) is 3. The van der Waals surface area contributed by atoms with Gasteiger partial charge in [-0.15, -0.1) is 0 Å². The Morgan fingerprint density at radius 3 is 2.44 bits per heavy atom. The van der Waals surface area contributed by atoms with Gasteiger partial charge in [0, 0.05) is 19.1 Å². The van der Waals surface area contributed by atoms with Crippen molar-refractivity contribution in [3.8, 4) is 0 Å². The van der Waals surface area contributed by atoms with E-state index < -0.39 is 0 Å². The standard InChI is InChI=1S/C15H31N3/c1-16-15-6-4-5-14(15)12-18-9-7-13(8-10-18)11-17(2)3/h13-16H,4-12H2,1-3H3. The fraction of sp³-hybridized carbons (Fsp3) is 1.00. The quantitative estimate of drug-likeness (QED) is 0.804. The van der Waals surface area contributed by atoms with Gasteiger partial charge in [-0.1, -0.05) is 6.42 Å². The van der Waals surface area contributed by atoms with Crippen LogP contribution in [0.25, 0.3) is 0 Å². The maximum absolute atomic E-state index is 3.51. The van der Waals surface area contributed by atoms with Crippen molar-refractivity contribution in [1.29, 1.82) is 0 Å². The summed E-state index contributed by atoms with van der Waals surface area (Å²) in [5.74, 6) is 1.83. The van der Waals surface area contributed by atoms with Crippen LogP contribution in [0.1, 0.15) is 32.1 Å². The highest BCUT2D eigenvalue weighted by atomic mass is 15.1. The first kappa shape index (κ1) is 14.3. The van der Waals surface area contributed by atoms with E-state index >= 15 is 0 Å². The molecule has 1 saturated heterocycles. The first-order chi connectivity index (χ1) is 8.69. The summed E-state index contributed by atoms with van der Waals surface area (Å²) in [5, 5.41) is 3.51. The van der Waals surface area contributed by atoms with Crippen molar-refractivity contribution in [3.05, 3.63) is 0 Å². The van der Waals surface area contributed by atoms with Crippen molar-refractivity contribution in [2.45, 2.75) is 38.1 Å². The molecule has 106 valence electrons. The zero-order chi connectivity index (χ0) is 13.0. The summed E-state index contributed by atoms with van der Waals surface area (Å²) < 4.78 is 0. The summed E-state index contributed by atoms with van der Waals surface area (Å²) in [5.41, 5.74) is 0. The molecule has 0 aromatic heterocycles. The number of likely N-dealkylation sites (tertiary alicyclic amines) is 1. The highest BCUT2D eigenvalue weighted by molar-refractivity contribution is 4.85. The highest BCUT2D eigenvalue weighted by Gasteiger charge is 2.29. The molecule has 0 aromatic rings. The first-order valence-electron chi connectivity index (χ1n) is 7.73. The highest BCUT2D eigenvalue weighted by Crippen LogP contribution is 2.28. The van der Waals surface area contributed by atoms with Crippen LogP contribution in [0.4, 0.5) is 0 Å². The van der Waals surface area contributed by atoms with Gasteiger partial charge in [-0.25, -0.2) is 0 Å². The van der Waals surface area contributed by atoms with Crippen LogP contribution < -0.4 is 5.32 Å². The molecule has 1 N–H and O–H groups in total. The molecule has 2 rings (SSSR count). The van der Waals surface area contributed by atoms with Gasteiger partial charge in [-0.05, 0) is 71.8 Å². The molecule has 0 spiro atoms. The van der Waals surface area contributed by atoms with Gasteiger partial charge < -0.3 is 15.1 Å². The summed E-state index contributed by atoms with van der Waals surface area (Å²) in [7, 11) is 6.52. The van der Waals surface area contributed by atoms with Crippen molar-refractivity contribution < 1.29 is 0 Å². The molecule has 0 bridgehead atoms. The van der Waals surface area contributed by atoms with Crippen LogP contribution in [0.15, 0.2) is 0 Å². The zero-order valence-corrected chi connectivity index (χ0v) is 12.5. The number of piperidine rings is 1. The maximum Gasteiger partial charge on any atom is 0.0104 e. The minimum atomic E-state index is 0.782. The lowest BCUT2D eigenvalue weighted by Crippen LogP contribution is -2.42. The van der Waals surface area contributed by atoms with E-state index in [2.05, 4.69) is 36.3 Å². The second-order valence-corrected chi connectivity index (χ2v) is 6.59. The van der Waals surface area contributed by atoms with E-state index in [4.69, 9.17) is 0 Å². The van der Waals surface area contributed by atoms with Crippen LogP contribution in [0, 0.1) is 11.8 Å². The topological polar surface area (TPSA) is 18.5 Å². The van der Waals surface area contributed by atoms with Crippen molar-refractivity contribution in [1.82, 2.24) is 15.1 Å². The van der Waals surface area contributed by atoms with Gasteiger partial charge in [0.25, 0.3) is 0 Å². The van der Waals surface area contributed by atoms with Gasteiger partial charge in [-0.3, -0.25) is 0 Å². The molecule has 1 saturated carbocycles. The van der Waals surface area contributed by atoms with Gasteiger partial charge in [0.2, 0.25) is 0 Å². The fourth-order valence-corrected chi connectivity index (χ4v) is 3.84. The lowest BCUT2D eigenvalue weighted by atomic mass is 9.94. The molecule has 3 heteroatoms. The molecule has 2 aliphatic rings. The van der Waals surface area contributed by atoms with Gasteiger partial charge in [0.1, 0.15) is 0 Å². The Bertz CT molecular complexity index is 234. The summed E-state index contributed by atoms with van der Waals surface area (Å²) in [6.07, 6.45) is 7.04. The molecule has 0 amide bonds. The van der Waals surface area contributed by atoms with Gasteiger partial charge in [0.15, 0.2) is 0 Å². The minimum absolute atomic E-state index is 0.782. The van der Waals surface area contributed by atoms with Crippen molar-refractivity contribution >= 4 is 0 Å². The van der Waals surface area contributed by atoms with Crippen LogP contribution in [0.2, 0.25) is 0 Å². The average Bonchev–Trinajstić information content (AvgIpc) is 2.78. The summed E-state index contributed by atoms with van der Waals surface area (Å²) in [6.45, 7) is 5.26. The molecule has 0 radical (unpaired) electrons. The monoisotopic (exact) mass is 253 g/mol. The summed E-state index contributed by atoms with van der Waals surface area (Å²) in [4.78, 5) is 5.06. The van der Waals surface area contributed by atoms with Crippen LogP contribution in [0.5, 0.6) is 0 Å². The molecule has 18 heavy (non-hydrogen) atoms. The Morgan fingerprint density at radius 1 is 1.11 bits per heavy atom. The molecular weight excluding hydrogens is 222 g/mol. The second-order valence-electron chi connectivity index (χ2n) is 6.59. The van der Waals surface area contributed by atoms with Crippen LogP contribution in [0.3, 0.4) is 0 Å². The third-order valence-corrected chi connectivity index (χ3v) is 4.85. The number of hydrogen-bond donors (Lipinski definition) is 1. The molecule has 1 aliphatic carbocycles. The molecular formula is C15H31N3. The van der Waals surface area contributed by atoms with Gasteiger partial charge >= 0.3 is 0 Å². The molecule has 3 nitrogen and oxygen atoms in total. The number of nitrogens with one attached hydrogen (secondary N) is 1. The third kappa shape index (κ3) is 3.94. The number of nitrogens with zero attached hydrogens (tertiary/aromatic N) is 2. The molecule has 1 heterocycles. The van der Waals surface area contributed by atoms with Crippen LogP contribution in [-0.2, 0) is 0 Å². The molecule has 2 unspecified atom stereocenters. The van der Waals surface area contributed by atoms with Gasteiger partial charge in [0.05, 0.1) is 0 Å². The molecule has 0 aromatic carbocycles. The van der Waals surface area contributed by atoms with Crippen LogP contribution in [-0.4, -0.2) is 63.2 Å². The van der Waals surface area contributed by atoms with E-state index in [0.717, 1.165) is 17.9 Å². The lowest BCUT2D eigenvalue weighted by Gasteiger charge is -2.35. The summed E-state index contributed by atoms with van der Waals surface area (Å²) in [6, 6.07) is 0.782. The first-order valence-corrected chi connectivity index (χ1v) is 7.73. The Balaban J connectivity index is 1.70. The van der Waals surface area contributed by atoms with Gasteiger partial charge in [-0.2, -0.15) is 0 Å².